The molecule has 0 aliphatic carbocycles. The maximum atomic E-state index is 12.8. The van der Waals surface area contributed by atoms with Gasteiger partial charge in [-0.15, -0.1) is 0 Å². The molecular formula is C27H31ClN2O2. The summed E-state index contributed by atoms with van der Waals surface area (Å²) in [4.78, 5) is 17.1. The lowest BCUT2D eigenvalue weighted by molar-refractivity contribution is -0.115. The van der Waals surface area contributed by atoms with Crippen LogP contribution in [0.1, 0.15) is 50.1 Å². The summed E-state index contributed by atoms with van der Waals surface area (Å²) in [7, 11) is 0. The fourth-order valence-corrected chi connectivity index (χ4v) is 4.20. The van der Waals surface area contributed by atoms with Crippen LogP contribution in [0, 0.1) is 48.5 Å². The highest BCUT2D eigenvalue weighted by atomic mass is 35.5. The van der Waals surface area contributed by atoms with Gasteiger partial charge in [0, 0.05) is 11.8 Å². The van der Waals surface area contributed by atoms with E-state index in [9.17, 15) is 4.79 Å². The molecule has 0 radical (unpaired) electrons. The SMILES string of the molecule is Cc1cccnc1NC(=O)Cc1c(C)ccc(Cl)c1OCc1c(C)c(C)c(C)c(C)c1C. The number of carbonyl (C=O) groups excluding carboxylic acids is 1. The van der Waals surface area contributed by atoms with Crippen LogP contribution in [-0.4, -0.2) is 10.9 Å². The van der Waals surface area contributed by atoms with Gasteiger partial charge in [0.15, 0.2) is 0 Å². The summed E-state index contributed by atoms with van der Waals surface area (Å²) >= 11 is 6.53. The zero-order chi connectivity index (χ0) is 23.6. The van der Waals surface area contributed by atoms with Crippen molar-refractivity contribution in [3.8, 4) is 5.75 Å². The minimum absolute atomic E-state index is 0.154. The number of aryl methyl sites for hydroxylation is 2. The standard InChI is InChI=1S/C27H31ClN2O2/c1-15-10-11-24(28)26(22(15)13-25(31)30-27-16(2)9-8-12-29-27)32-14-23-20(6)18(4)17(3)19(5)21(23)7/h8-12H,13-14H2,1-7H3,(H,29,30,31). The Morgan fingerprint density at radius 2 is 1.50 bits per heavy atom. The predicted octanol–water partition coefficient (Wildman–Crippen LogP) is 6.65. The zero-order valence-corrected chi connectivity index (χ0v) is 20.7. The lowest BCUT2D eigenvalue weighted by Crippen LogP contribution is -2.17. The average molecular weight is 451 g/mol. The van der Waals surface area contributed by atoms with Crippen molar-refractivity contribution in [3.05, 3.63) is 85.6 Å². The van der Waals surface area contributed by atoms with E-state index < -0.39 is 0 Å². The van der Waals surface area contributed by atoms with E-state index >= 15 is 0 Å². The molecule has 32 heavy (non-hydrogen) atoms. The normalized spacial score (nSPS) is 10.9. The molecule has 0 aliphatic heterocycles. The summed E-state index contributed by atoms with van der Waals surface area (Å²) in [6, 6.07) is 7.50. The highest BCUT2D eigenvalue weighted by Gasteiger charge is 2.18. The maximum Gasteiger partial charge on any atom is 0.230 e. The summed E-state index contributed by atoms with van der Waals surface area (Å²) in [5.41, 5.74) is 10.2. The number of benzene rings is 2. The number of rotatable bonds is 6. The molecule has 3 rings (SSSR count). The van der Waals surface area contributed by atoms with Crippen molar-refractivity contribution in [3.63, 3.8) is 0 Å². The Kier molecular flexibility index (Phi) is 7.25. The number of ether oxygens (including phenoxy) is 1. The number of anilines is 1. The van der Waals surface area contributed by atoms with Crippen molar-refractivity contribution < 1.29 is 9.53 Å². The van der Waals surface area contributed by atoms with Gasteiger partial charge >= 0.3 is 0 Å². The molecule has 1 N–H and O–H groups in total. The lowest BCUT2D eigenvalue weighted by Gasteiger charge is -2.21. The number of hydrogen-bond acceptors (Lipinski definition) is 3. The van der Waals surface area contributed by atoms with Crippen molar-refractivity contribution in [2.45, 2.75) is 61.5 Å². The van der Waals surface area contributed by atoms with Gasteiger partial charge in [0.1, 0.15) is 18.2 Å². The van der Waals surface area contributed by atoms with Crippen LogP contribution in [0.3, 0.4) is 0 Å². The minimum Gasteiger partial charge on any atom is -0.487 e. The number of hydrogen-bond donors (Lipinski definition) is 1. The second-order valence-electron chi connectivity index (χ2n) is 8.46. The Hall–Kier alpha value is -2.85. The molecule has 4 nitrogen and oxygen atoms in total. The second kappa shape index (κ2) is 9.74. The molecule has 3 aromatic rings. The van der Waals surface area contributed by atoms with Crippen LogP contribution in [0.15, 0.2) is 30.5 Å². The van der Waals surface area contributed by atoms with Crippen molar-refractivity contribution in [2.24, 2.45) is 0 Å². The smallest absolute Gasteiger partial charge is 0.230 e. The Labute approximate surface area is 196 Å². The Morgan fingerprint density at radius 1 is 0.875 bits per heavy atom. The fourth-order valence-electron chi connectivity index (χ4n) is 3.97. The van der Waals surface area contributed by atoms with Crippen LogP contribution in [-0.2, 0) is 17.8 Å². The van der Waals surface area contributed by atoms with E-state index in [1.165, 1.54) is 33.4 Å². The molecule has 2 aromatic carbocycles. The van der Waals surface area contributed by atoms with Gasteiger partial charge in [-0.3, -0.25) is 4.79 Å². The molecule has 1 aromatic heterocycles. The molecule has 168 valence electrons. The van der Waals surface area contributed by atoms with Crippen LogP contribution in [0.5, 0.6) is 5.75 Å². The van der Waals surface area contributed by atoms with E-state index in [-0.39, 0.29) is 12.3 Å². The second-order valence-corrected chi connectivity index (χ2v) is 8.87. The number of carbonyl (C=O) groups is 1. The first kappa shape index (κ1) is 23.8. The molecule has 0 saturated heterocycles. The van der Waals surface area contributed by atoms with E-state index in [1.54, 1.807) is 6.20 Å². The van der Waals surface area contributed by atoms with Gasteiger partial charge in [-0.2, -0.15) is 0 Å². The van der Waals surface area contributed by atoms with Crippen molar-refractivity contribution in [1.82, 2.24) is 4.98 Å². The summed E-state index contributed by atoms with van der Waals surface area (Å²) in [5.74, 6) is 0.974. The Balaban J connectivity index is 1.88. The van der Waals surface area contributed by atoms with Crippen molar-refractivity contribution >= 4 is 23.3 Å². The average Bonchev–Trinajstić information content (AvgIpc) is 2.76. The largest absolute Gasteiger partial charge is 0.487 e. The summed E-state index contributed by atoms with van der Waals surface area (Å²) in [6.07, 6.45) is 1.82. The van der Waals surface area contributed by atoms with Gasteiger partial charge in [-0.1, -0.05) is 23.7 Å². The summed E-state index contributed by atoms with van der Waals surface area (Å²) in [5, 5.41) is 3.40. The highest BCUT2D eigenvalue weighted by Crippen LogP contribution is 2.34. The number of amides is 1. The van der Waals surface area contributed by atoms with Gasteiger partial charge in [-0.05, 0) is 105 Å². The molecule has 0 unspecified atom stereocenters. The third-order valence-corrected chi connectivity index (χ3v) is 6.87. The molecule has 0 saturated carbocycles. The molecule has 0 aliphatic rings. The van der Waals surface area contributed by atoms with Gasteiger partial charge in [0.05, 0.1) is 11.4 Å². The molecule has 0 fully saturated rings. The maximum absolute atomic E-state index is 12.8. The van der Waals surface area contributed by atoms with E-state index in [0.717, 1.165) is 16.7 Å². The van der Waals surface area contributed by atoms with Gasteiger partial charge in [0.2, 0.25) is 5.91 Å². The van der Waals surface area contributed by atoms with Crippen LogP contribution < -0.4 is 10.1 Å². The zero-order valence-electron chi connectivity index (χ0n) is 19.9. The van der Waals surface area contributed by atoms with Gasteiger partial charge < -0.3 is 10.1 Å². The number of pyridine rings is 1. The van der Waals surface area contributed by atoms with Crippen LogP contribution in [0.2, 0.25) is 5.02 Å². The lowest BCUT2D eigenvalue weighted by atomic mass is 9.90. The molecule has 5 heteroatoms. The number of halogens is 1. The monoisotopic (exact) mass is 450 g/mol. The third-order valence-electron chi connectivity index (χ3n) is 6.57. The highest BCUT2D eigenvalue weighted by molar-refractivity contribution is 6.32. The first-order chi connectivity index (χ1) is 15.1. The quantitative estimate of drug-likeness (QED) is 0.457. The van der Waals surface area contributed by atoms with Gasteiger partial charge in [-0.25, -0.2) is 4.98 Å². The van der Waals surface area contributed by atoms with Gasteiger partial charge in [0.25, 0.3) is 0 Å². The molecule has 0 bridgehead atoms. The molecule has 1 amide bonds. The number of nitrogens with one attached hydrogen (secondary N) is 1. The topological polar surface area (TPSA) is 51.2 Å². The molecule has 0 atom stereocenters. The predicted molar refractivity (Wildman–Crippen MR) is 132 cm³/mol. The number of aromatic nitrogens is 1. The summed E-state index contributed by atoms with van der Waals surface area (Å²) in [6.45, 7) is 15.0. The Morgan fingerprint density at radius 3 is 2.12 bits per heavy atom. The van der Waals surface area contributed by atoms with Crippen LogP contribution in [0.25, 0.3) is 0 Å². The van der Waals surface area contributed by atoms with Crippen molar-refractivity contribution in [2.75, 3.05) is 5.32 Å². The molecule has 0 spiro atoms. The minimum atomic E-state index is -0.156. The van der Waals surface area contributed by atoms with Crippen LogP contribution in [0.4, 0.5) is 5.82 Å². The third kappa shape index (κ3) is 4.81. The van der Waals surface area contributed by atoms with E-state index in [4.69, 9.17) is 16.3 Å². The first-order valence-electron chi connectivity index (χ1n) is 10.8. The Bertz CT molecular complexity index is 1160. The van der Waals surface area contributed by atoms with E-state index in [0.29, 0.717) is 23.2 Å². The summed E-state index contributed by atoms with van der Waals surface area (Å²) < 4.78 is 6.29. The van der Waals surface area contributed by atoms with E-state index in [1.807, 2.05) is 38.1 Å². The number of nitrogens with zero attached hydrogens (tertiary/aromatic N) is 1. The fraction of sp³-hybridized carbons (Fsp3) is 0.333. The van der Waals surface area contributed by atoms with E-state index in [2.05, 4.69) is 44.9 Å². The van der Waals surface area contributed by atoms with Crippen LogP contribution >= 0.6 is 11.6 Å². The molecular weight excluding hydrogens is 420 g/mol. The molecule has 1 heterocycles. The van der Waals surface area contributed by atoms with Crippen molar-refractivity contribution in [1.29, 1.82) is 0 Å². The first-order valence-corrected chi connectivity index (χ1v) is 11.2.